The fraction of sp³-hybridized carbons (Fsp3) is 0.882. The van der Waals surface area contributed by atoms with Gasteiger partial charge in [0, 0.05) is 19.7 Å². The zero-order chi connectivity index (χ0) is 17.1. The van der Waals surface area contributed by atoms with Crippen LogP contribution in [-0.2, 0) is 9.53 Å². The normalized spacial score (nSPS) is 17.1. The molecule has 0 bridgehead atoms. The van der Waals surface area contributed by atoms with Gasteiger partial charge >= 0.3 is 0 Å². The SMILES string of the molecule is CCNC(=NCC(C)(C)C(N)=O)NCCCOC1CCCCC1. The molecule has 6 heteroatoms. The first kappa shape index (κ1) is 19.7. The summed E-state index contributed by atoms with van der Waals surface area (Å²) in [6.45, 7) is 8.36. The van der Waals surface area contributed by atoms with Gasteiger partial charge in [0.1, 0.15) is 0 Å². The van der Waals surface area contributed by atoms with Crippen molar-refractivity contribution in [2.24, 2.45) is 16.1 Å². The lowest BCUT2D eigenvalue weighted by Gasteiger charge is -2.22. The molecule has 0 radical (unpaired) electrons. The third kappa shape index (κ3) is 8.21. The molecule has 0 aromatic heterocycles. The van der Waals surface area contributed by atoms with Crippen molar-refractivity contribution in [1.82, 2.24) is 10.6 Å². The van der Waals surface area contributed by atoms with Gasteiger partial charge in [-0.15, -0.1) is 0 Å². The average Bonchev–Trinajstić information content (AvgIpc) is 2.53. The van der Waals surface area contributed by atoms with Gasteiger partial charge in [0.25, 0.3) is 0 Å². The summed E-state index contributed by atoms with van der Waals surface area (Å²) in [5, 5.41) is 6.46. The molecule has 0 saturated heterocycles. The number of rotatable bonds is 9. The van der Waals surface area contributed by atoms with E-state index in [0.717, 1.165) is 32.1 Å². The number of nitrogens with two attached hydrogens (primary N) is 1. The average molecular weight is 326 g/mol. The van der Waals surface area contributed by atoms with E-state index in [1.807, 2.05) is 6.92 Å². The lowest BCUT2D eigenvalue weighted by molar-refractivity contribution is -0.125. The second-order valence-electron chi connectivity index (χ2n) is 6.85. The number of amides is 1. The first-order valence-corrected chi connectivity index (χ1v) is 8.89. The topological polar surface area (TPSA) is 88.7 Å². The molecule has 1 aliphatic carbocycles. The molecule has 6 nitrogen and oxygen atoms in total. The van der Waals surface area contributed by atoms with Crippen LogP contribution in [0.4, 0.5) is 0 Å². The Kier molecular flexibility index (Phi) is 8.99. The highest BCUT2D eigenvalue weighted by atomic mass is 16.5. The zero-order valence-electron chi connectivity index (χ0n) is 15.0. The van der Waals surface area contributed by atoms with E-state index in [0.29, 0.717) is 12.6 Å². The fourth-order valence-electron chi connectivity index (χ4n) is 2.46. The number of carbonyl (C=O) groups is 1. The maximum Gasteiger partial charge on any atom is 0.224 e. The number of hydrogen-bond acceptors (Lipinski definition) is 3. The molecule has 0 unspecified atom stereocenters. The van der Waals surface area contributed by atoms with Gasteiger partial charge in [0.05, 0.1) is 18.1 Å². The molecular formula is C17H34N4O2. The van der Waals surface area contributed by atoms with Gasteiger partial charge in [-0.2, -0.15) is 0 Å². The Labute approximate surface area is 140 Å². The molecule has 0 atom stereocenters. The predicted octanol–water partition coefficient (Wildman–Crippen LogP) is 1.79. The first-order chi connectivity index (χ1) is 11.0. The molecule has 1 saturated carbocycles. The summed E-state index contributed by atoms with van der Waals surface area (Å²) < 4.78 is 5.91. The van der Waals surface area contributed by atoms with Gasteiger partial charge in [-0.3, -0.25) is 9.79 Å². The molecule has 0 spiro atoms. The highest BCUT2D eigenvalue weighted by Crippen LogP contribution is 2.20. The van der Waals surface area contributed by atoms with Crippen molar-refractivity contribution < 1.29 is 9.53 Å². The van der Waals surface area contributed by atoms with Gasteiger partial charge in [0.15, 0.2) is 5.96 Å². The van der Waals surface area contributed by atoms with Crippen molar-refractivity contribution in [1.29, 1.82) is 0 Å². The number of guanidine groups is 1. The Bertz CT molecular complexity index is 377. The third-order valence-corrected chi connectivity index (χ3v) is 4.16. The lowest BCUT2D eigenvalue weighted by atomic mass is 9.93. The number of carbonyl (C=O) groups excluding carboxylic acids is 1. The minimum absolute atomic E-state index is 0.335. The summed E-state index contributed by atoms with van der Waals surface area (Å²) in [6.07, 6.45) is 7.78. The first-order valence-electron chi connectivity index (χ1n) is 8.89. The van der Waals surface area contributed by atoms with Gasteiger partial charge < -0.3 is 21.1 Å². The summed E-state index contributed by atoms with van der Waals surface area (Å²) in [7, 11) is 0. The summed E-state index contributed by atoms with van der Waals surface area (Å²) >= 11 is 0. The molecule has 1 aliphatic rings. The van der Waals surface area contributed by atoms with E-state index in [-0.39, 0.29) is 5.91 Å². The number of ether oxygens (including phenoxy) is 1. The Morgan fingerprint density at radius 2 is 1.96 bits per heavy atom. The van der Waals surface area contributed by atoms with Crippen LogP contribution >= 0.6 is 0 Å². The number of hydrogen-bond donors (Lipinski definition) is 3. The molecule has 23 heavy (non-hydrogen) atoms. The summed E-state index contributed by atoms with van der Waals surface area (Å²) in [5.74, 6) is 0.387. The largest absolute Gasteiger partial charge is 0.378 e. The molecule has 0 aromatic rings. The third-order valence-electron chi connectivity index (χ3n) is 4.16. The van der Waals surface area contributed by atoms with Crippen LogP contribution in [0.25, 0.3) is 0 Å². The van der Waals surface area contributed by atoms with Crippen molar-refractivity contribution in [2.75, 3.05) is 26.2 Å². The highest BCUT2D eigenvalue weighted by Gasteiger charge is 2.24. The van der Waals surface area contributed by atoms with Crippen molar-refractivity contribution in [3.05, 3.63) is 0 Å². The van der Waals surface area contributed by atoms with Gasteiger partial charge in [-0.1, -0.05) is 19.3 Å². The Morgan fingerprint density at radius 3 is 2.57 bits per heavy atom. The standard InChI is InChI=1S/C17H34N4O2/c1-4-19-16(21-13-17(2,3)15(18)22)20-11-8-12-23-14-9-6-5-7-10-14/h14H,4-13H2,1-3H3,(H2,18,22)(H2,19,20,21). The number of primary amides is 1. The molecular weight excluding hydrogens is 292 g/mol. The van der Waals surface area contributed by atoms with E-state index >= 15 is 0 Å². The number of nitrogens with one attached hydrogen (secondary N) is 2. The van der Waals surface area contributed by atoms with E-state index < -0.39 is 5.41 Å². The van der Waals surface area contributed by atoms with E-state index in [1.54, 1.807) is 13.8 Å². The number of aliphatic imine (C=N–C) groups is 1. The van der Waals surface area contributed by atoms with Crippen molar-refractivity contribution >= 4 is 11.9 Å². The van der Waals surface area contributed by atoms with E-state index in [9.17, 15) is 4.79 Å². The van der Waals surface area contributed by atoms with Gasteiger partial charge in [0.2, 0.25) is 5.91 Å². The Hall–Kier alpha value is -1.30. The lowest BCUT2D eigenvalue weighted by Crippen LogP contribution is -2.40. The second kappa shape index (κ2) is 10.5. The maximum absolute atomic E-state index is 11.3. The van der Waals surface area contributed by atoms with Crippen molar-refractivity contribution in [3.63, 3.8) is 0 Å². The number of nitrogens with zero attached hydrogens (tertiary/aromatic N) is 1. The van der Waals surface area contributed by atoms with Crippen LogP contribution in [0.15, 0.2) is 4.99 Å². The Morgan fingerprint density at radius 1 is 1.26 bits per heavy atom. The van der Waals surface area contributed by atoms with E-state index in [2.05, 4.69) is 15.6 Å². The molecule has 1 fully saturated rings. The second-order valence-corrected chi connectivity index (χ2v) is 6.85. The summed E-state index contributed by atoms with van der Waals surface area (Å²) in [5.41, 5.74) is 4.74. The molecule has 134 valence electrons. The highest BCUT2D eigenvalue weighted by molar-refractivity contribution is 5.82. The van der Waals surface area contributed by atoms with Crippen LogP contribution in [0.5, 0.6) is 0 Å². The zero-order valence-corrected chi connectivity index (χ0v) is 15.0. The molecule has 0 heterocycles. The summed E-state index contributed by atoms with van der Waals surface area (Å²) in [6, 6.07) is 0. The van der Waals surface area contributed by atoms with E-state index in [4.69, 9.17) is 10.5 Å². The van der Waals surface area contributed by atoms with Crippen LogP contribution in [0.3, 0.4) is 0 Å². The van der Waals surface area contributed by atoms with Gasteiger partial charge in [-0.05, 0) is 40.0 Å². The van der Waals surface area contributed by atoms with Gasteiger partial charge in [-0.25, -0.2) is 0 Å². The van der Waals surface area contributed by atoms with Crippen LogP contribution in [0.1, 0.15) is 59.3 Å². The van der Waals surface area contributed by atoms with E-state index in [1.165, 1.54) is 32.1 Å². The monoisotopic (exact) mass is 326 g/mol. The molecule has 1 rings (SSSR count). The Balaban J connectivity index is 2.25. The van der Waals surface area contributed by atoms with Crippen LogP contribution in [0.2, 0.25) is 0 Å². The smallest absolute Gasteiger partial charge is 0.224 e. The predicted molar refractivity (Wildman–Crippen MR) is 94.4 cm³/mol. The minimum atomic E-state index is -0.632. The molecule has 0 aliphatic heterocycles. The minimum Gasteiger partial charge on any atom is -0.378 e. The summed E-state index contributed by atoms with van der Waals surface area (Å²) in [4.78, 5) is 15.8. The van der Waals surface area contributed by atoms with Crippen LogP contribution in [-0.4, -0.2) is 44.2 Å². The van der Waals surface area contributed by atoms with Crippen molar-refractivity contribution in [3.8, 4) is 0 Å². The molecule has 0 aromatic carbocycles. The quantitative estimate of drug-likeness (QED) is 0.342. The van der Waals surface area contributed by atoms with Crippen LogP contribution in [0, 0.1) is 5.41 Å². The maximum atomic E-state index is 11.3. The fourth-order valence-corrected chi connectivity index (χ4v) is 2.46. The molecule has 1 amide bonds. The van der Waals surface area contributed by atoms with Crippen molar-refractivity contribution in [2.45, 2.75) is 65.4 Å². The molecule has 4 N–H and O–H groups in total. The van der Waals surface area contributed by atoms with Crippen LogP contribution < -0.4 is 16.4 Å².